The summed E-state index contributed by atoms with van der Waals surface area (Å²) >= 11 is 0. The van der Waals surface area contributed by atoms with E-state index in [9.17, 15) is 13.2 Å². The Hall–Kier alpha value is -1.99. The molecule has 0 unspecified atom stereocenters. The van der Waals surface area contributed by atoms with Crippen molar-refractivity contribution in [3.63, 3.8) is 0 Å². The van der Waals surface area contributed by atoms with E-state index >= 15 is 0 Å². The third-order valence-electron chi connectivity index (χ3n) is 2.04. The van der Waals surface area contributed by atoms with Crippen LogP contribution in [-0.4, -0.2) is 20.0 Å². The van der Waals surface area contributed by atoms with Gasteiger partial charge in [-0.1, -0.05) is 0 Å². The van der Waals surface area contributed by atoms with Crippen molar-refractivity contribution >= 4 is 5.69 Å². The van der Waals surface area contributed by atoms with Gasteiger partial charge in [-0.05, 0) is 0 Å². The average molecular weight is 231 g/mol. The fourth-order valence-corrected chi connectivity index (χ4v) is 1.39. The number of nitrogens with zero attached hydrogens (tertiary/aromatic N) is 3. The van der Waals surface area contributed by atoms with Gasteiger partial charge in [-0.3, -0.25) is 9.78 Å². The molecule has 0 bridgehead atoms. The first-order valence-electron chi connectivity index (χ1n) is 4.29. The summed E-state index contributed by atoms with van der Waals surface area (Å²) in [5.74, 6) is 0. The Bertz CT molecular complexity index is 510. The predicted octanol–water partition coefficient (Wildman–Crippen LogP) is 1.41. The zero-order chi connectivity index (χ0) is 11.9. The van der Waals surface area contributed by atoms with Crippen molar-refractivity contribution in [2.45, 2.75) is 6.18 Å². The summed E-state index contributed by atoms with van der Waals surface area (Å²) in [7, 11) is 1.41. The SMILES string of the molecule is Cn1cc(-c2[nH]ncc2N)c(C(F)(F)F)n1. The van der Waals surface area contributed by atoms with Crippen LogP contribution in [0.5, 0.6) is 0 Å². The van der Waals surface area contributed by atoms with Gasteiger partial charge >= 0.3 is 6.18 Å². The third kappa shape index (κ3) is 1.62. The first-order valence-corrected chi connectivity index (χ1v) is 4.29. The first-order chi connectivity index (χ1) is 7.39. The minimum atomic E-state index is -4.52. The highest BCUT2D eigenvalue weighted by Crippen LogP contribution is 2.36. The molecule has 0 spiro atoms. The van der Waals surface area contributed by atoms with E-state index in [4.69, 9.17) is 5.73 Å². The molecule has 3 N–H and O–H groups in total. The Morgan fingerprint density at radius 2 is 2.12 bits per heavy atom. The van der Waals surface area contributed by atoms with Crippen molar-refractivity contribution in [2.75, 3.05) is 5.73 Å². The number of nitrogens with two attached hydrogens (primary N) is 1. The number of halogens is 3. The molecule has 2 aromatic rings. The molecule has 0 aliphatic heterocycles. The lowest BCUT2D eigenvalue weighted by atomic mass is 10.1. The van der Waals surface area contributed by atoms with Crippen molar-refractivity contribution in [3.8, 4) is 11.3 Å². The fraction of sp³-hybridized carbons (Fsp3) is 0.250. The smallest absolute Gasteiger partial charge is 0.396 e. The zero-order valence-electron chi connectivity index (χ0n) is 8.21. The molecule has 0 saturated carbocycles. The Morgan fingerprint density at radius 1 is 1.44 bits per heavy atom. The molecule has 0 atom stereocenters. The summed E-state index contributed by atoms with van der Waals surface area (Å²) < 4.78 is 39.0. The molecule has 0 aliphatic rings. The van der Waals surface area contributed by atoms with E-state index in [0.717, 1.165) is 4.68 Å². The number of nitrogen functional groups attached to an aromatic ring is 1. The van der Waals surface area contributed by atoms with Crippen LogP contribution in [-0.2, 0) is 13.2 Å². The summed E-state index contributed by atoms with van der Waals surface area (Å²) in [6.07, 6.45) is -2.02. The number of hydrogen-bond acceptors (Lipinski definition) is 3. The van der Waals surface area contributed by atoms with E-state index < -0.39 is 11.9 Å². The number of aromatic nitrogens is 4. The maximum atomic E-state index is 12.6. The normalized spacial score (nSPS) is 12.0. The van der Waals surface area contributed by atoms with Gasteiger partial charge in [0.05, 0.1) is 23.1 Å². The standard InChI is InChI=1S/C8H8F3N5/c1-16-3-4(6-5(12)2-13-14-6)7(15-16)8(9,10)11/h2-3H,12H2,1H3,(H,13,14). The number of hydrogen-bond donors (Lipinski definition) is 2. The van der Waals surface area contributed by atoms with Crippen LogP contribution in [0.1, 0.15) is 5.69 Å². The van der Waals surface area contributed by atoms with Gasteiger partial charge in [-0.15, -0.1) is 0 Å². The van der Waals surface area contributed by atoms with Crippen LogP contribution >= 0.6 is 0 Å². The summed E-state index contributed by atoms with van der Waals surface area (Å²) in [4.78, 5) is 0. The van der Waals surface area contributed by atoms with Gasteiger partial charge in [0.2, 0.25) is 0 Å². The van der Waals surface area contributed by atoms with Crippen molar-refractivity contribution in [2.24, 2.45) is 7.05 Å². The minimum Gasteiger partial charge on any atom is -0.396 e. The van der Waals surface area contributed by atoms with Crippen LogP contribution in [0.15, 0.2) is 12.4 Å². The molecule has 5 nitrogen and oxygen atoms in total. The number of rotatable bonds is 1. The second-order valence-electron chi connectivity index (χ2n) is 3.26. The maximum Gasteiger partial charge on any atom is 0.435 e. The molecule has 0 aromatic carbocycles. The second kappa shape index (κ2) is 3.26. The van der Waals surface area contributed by atoms with Crippen molar-refractivity contribution in [1.82, 2.24) is 20.0 Å². The molecular weight excluding hydrogens is 223 g/mol. The van der Waals surface area contributed by atoms with E-state index in [1.807, 2.05) is 0 Å². The Balaban J connectivity index is 2.62. The summed E-state index contributed by atoms with van der Waals surface area (Å²) in [5.41, 5.74) is 4.69. The molecule has 2 rings (SSSR count). The Morgan fingerprint density at radius 3 is 2.62 bits per heavy atom. The first kappa shape index (κ1) is 10.5. The molecular formula is C8H8F3N5. The van der Waals surface area contributed by atoms with Gasteiger partial charge in [0.25, 0.3) is 0 Å². The summed E-state index contributed by atoms with van der Waals surface area (Å²) in [6.45, 7) is 0. The fourth-order valence-electron chi connectivity index (χ4n) is 1.39. The topological polar surface area (TPSA) is 72.5 Å². The molecule has 0 saturated heterocycles. The Kier molecular flexibility index (Phi) is 2.14. The van der Waals surface area contributed by atoms with Crippen LogP contribution < -0.4 is 5.73 Å². The molecule has 0 amide bonds. The lowest BCUT2D eigenvalue weighted by Crippen LogP contribution is -2.08. The van der Waals surface area contributed by atoms with Gasteiger partial charge < -0.3 is 5.73 Å². The second-order valence-corrected chi connectivity index (χ2v) is 3.26. The zero-order valence-corrected chi connectivity index (χ0v) is 8.21. The molecule has 0 radical (unpaired) electrons. The van der Waals surface area contributed by atoms with Crippen molar-refractivity contribution < 1.29 is 13.2 Å². The van der Waals surface area contributed by atoms with Crippen molar-refractivity contribution in [3.05, 3.63) is 18.1 Å². The number of aryl methyl sites for hydroxylation is 1. The quantitative estimate of drug-likeness (QED) is 0.779. The number of H-pyrrole nitrogens is 1. The molecule has 0 fully saturated rings. The lowest BCUT2D eigenvalue weighted by Gasteiger charge is -2.04. The number of nitrogens with one attached hydrogen (secondary N) is 1. The van der Waals surface area contributed by atoms with Gasteiger partial charge in [0.15, 0.2) is 5.69 Å². The van der Waals surface area contributed by atoms with E-state index in [-0.39, 0.29) is 16.9 Å². The lowest BCUT2D eigenvalue weighted by molar-refractivity contribution is -0.141. The average Bonchev–Trinajstić information content (AvgIpc) is 2.70. The van der Waals surface area contributed by atoms with Crippen LogP contribution in [0, 0.1) is 0 Å². The number of aromatic amines is 1. The van der Waals surface area contributed by atoms with Crippen LogP contribution in [0.25, 0.3) is 11.3 Å². The van der Waals surface area contributed by atoms with Crippen molar-refractivity contribution in [1.29, 1.82) is 0 Å². The summed E-state index contributed by atoms with van der Waals surface area (Å²) in [5, 5.41) is 9.36. The molecule has 2 aromatic heterocycles. The molecule has 2 heterocycles. The maximum absolute atomic E-state index is 12.6. The molecule has 16 heavy (non-hydrogen) atoms. The monoisotopic (exact) mass is 231 g/mol. The van der Waals surface area contributed by atoms with E-state index in [2.05, 4.69) is 15.3 Å². The minimum absolute atomic E-state index is 0.106. The highest BCUT2D eigenvalue weighted by atomic mass is 19.4. The number of anilines is 1. The van der Waals surface area contributed by atoms with Gasteiger partial charge in [-0.25, -0.2) is 0 Å². The highest BCUT2D eigenvalue weighted by molar-refractivity contribution is 5.73. The van der Waals surface area contributed by atoms with E-state index in [1.165, 1.54) is 19.4 Å². The van der Waals surface area contributed by atoms with Crippen LogP contribution in [0.3, 0.4) is 0 Å². The third-order valence-corrected chi connectivity index (χ3v) is 2.04. The molecule has 0 aliphatic carbocycles. The Labute approximate surface area is 88.1 Å². The van der Waals surface area contributed by atoms with E-state index in [1.54, 1.807) is 0 Å². The summed E-state index contributed by atoms with van der Waals surface area (Å²) in [6, 6.07) is 0. The molecule has 8 heteroatoms. The van der Waals surface area contributed by atoms with Crippen LogP contribution in [0.2, 0.25) is 0 Å². The largest absolute Gasteiger partial charge is 0.435 e. The van der Waals surface area contributed by atoms with Gasteiger partial charge in [-0.2, -0.15) is 23.4 Å². The van der Waals surface area contributed by atoms with Gasteiger partial charge in [0.1, 0.15) is 0 Å². The van der Waals surface area contributed by atoms with E-state index in [0.29, 0.717) is 0 Å². The predicted molar refractivity (Wildman–Crippen MR) is 50.2 cm³/mol. The highest BCUT2D eigenvalue weighted by Gasteiger charge is 2.38. The molecule has 86 valence electrons. The van der Waals surface area contributed by atoms with Crippen LogP contribution in [0.4, 0.5) is 18.9 Å². The number of alkyl halides is 3. The van der Waals surface area contributed by atoms with Gasteiger partial charge in [0, 0.05) is 13.2 Å².